The number of nitrogens with zero attached hydrogens (tertiary/aromatic N) is 2. The quantitative estimate of drug-likeness (QED) is 0.485. The fourth-order valence-corrected chi connectivity index (χ4v) is 3.56. The highest BCUT2D eigenvalue weighted by atomic mass is 16.5. The van der Waals surface area contributed by atoms with Crippen molar-refractivity contribution in [2.45, 2.75) is 6.92 Å². The Morgan fingerprint density at radius 2 is 1.50 bits per heavy atom. The normalized spacial score (nSPS) is 13.0. The molecule has 5 nitrogen and oxygen atoms in total. The van der Waals surface area contributed by atoms with E-state index in [2.05, 4.69) is 10.1 Å². The summed E-state index contributed by atoms with van der Waals surface area (Å²) in [7, 11) is 0. The van der Waals surface area contributed by atoms with E-state index in [-0.39, 0.29) is 0 Å². The van der Waals surface area contributed by atoms with E-state index < -0.39 is 11.6 Å². The summed E-state index contributed by atoms with van der Waals surface area (Å²) in [6.45, 7) is 1.80. The number of hydrogen-bond donors (Lipinski definition) is 0. The summed E-state index contributed by atoms with van der Waals surface area (Å²) in [5, 5.41) is 4.68. The van der Waals surface area contributed by atoms with Crippen molar-refractivity contribution in [2.24, 2.45) is 0 Å². The summed E-state index contributed by atoms with van der Waals surface area (Å²) in [6, 6.07) is 16.5. The molecule has 0 aliphatic heterocycles. The molecule has 5 rings (SSSR count). The molecule has 26 heavy (non-hydrogen) atoms. The van der Waals surface area contributed by atoms with Crippen molar-refractivity contribution in [2.75, 3.05) is 0 Å². The highest BCUT2D eigenvalue weighted by molar-refractivity contribution is 6.54. The zero-order chi connectivity index (χ0) is 17.8. The van der Waals surface area contributed by atoms with Gasteiger partial charge < -0.3 is 4.52 Å². The molecule has 1 aliphatic rings. The monoisotopic (exact) mass is 340 g/mol. The van der Waals surface area contributed by atoms with Crippen LogP contribution >= 0.6 is 0 Å². The van der Waals surface area contributed by atoms with E-state index in [1.165, 1.54) is 0 Å². The minimum atomic E-state index is -0.549. The highest BCUT2D eigenvalue weighted by Gasteiger charge is 2.36. The third-order valence-corrected chi connectivity index (χ3v) is 4.72. The SMILES string of the molecule is Cc1noc2nc3c(c(-c4ccccc4)c12)C(=O)C(=O)c1ccccc1-3. The van der Waals surface area contributed by atoms with Crippen molar-refractivity contribution in [1.29, 1.82) is 0 Å². The minimum absolute atomic E-state index is 0.318. The van der Waals surface area contributed by atoms with Crippen LogP contribution in [0.3, 0.4) is 0 Å². The van der Waals surface area contributed by atoms with E-state index in [9.17, 15) is 9.59 Å². The number of hydrogen-bond acceptors (Lipinski definition) is 5. The molecule has 5 heteroatoms. The molecule has 4 aromatic rings. The molecule has 0 saturated carbocycles. The van der Waals surface area contributed by atoms with Gasteiger partial charge in [-0.15, -0.1) is 0 Å². The molecule has 0 radical (unpaired) electrons. The molecule has 0 saturated heterocycles. The average Bonchev–Trinajstić information content (AvgIpc) is 3.06. The lowest BCUT2D eigenvalue weighted by Crippen LogP contribution is -2.23. The van der Waals surface area contributed by atoms with Crippen LogP contribution in [0.25, 0.3) is 33.5 Å². The maximum absolute atomic E-state index is 13.0. The number of carbonyl (C=O) groups is 2. The highest BCUT2D eigenvalue weighted by Crippen LogP contribution is 2.42. The van der Waals surface area contributed by atoms with Gasteiger partial charge in [0.2, 0.25) is 11.6 Å². The first kappa shape index (κ1) is 14.7. The van der Waals surface area contributed by atoms with Crippen molar-refractivity contribution < 1.29 is 14.1 Å². The second-order valence-electron chi connectivity index (χ2n) is 6.23. The standard InChI is InChI=1S/C21H12N2O3/c1-11-15-16(12-7-3-2-4-8-12)17-18(22-21(15)26-23-11)13-9-5-6-10-14(13)19(24)20(17)25/h2-10H,1H3. The van der Waals surface area contributed by atoms with Crippen LogP contribution in [-0.2, 0) is 0 Å². The summed E-state index contributed by atoms with van der Waals surface area (Å²) >= 11 is 0. The number of pyridine rings is 1. The molecule has 0 atom stereocenters. The Morgan fingerprint density at radius 3 is 2.27 bits per heavy atom. The molecule has 0 N–H and O–H groups in total. The Morgan fingerprint density at radius 1 is 0.808 bits per heavy atom. The molecule has 1 aliphatic carbocycles. The molecule has 2 aromatic carbocycles. The van der Waals surface area contributed by atoms with Crippen molar-refractivity contribution in [3.63, 3.8) is 0 Å². The lowest BCUT2D eigenvalue weighted by atomic mass is 9.82. The first-order valence-electron chi connectivity index (χ1n) is 8.20. The topological polar surface area (TPSA) is 73.1 Å². The van der Waals surface area contributed by atoms with Gasteiger partial charge >= 0.3 is 0 Å². The number of Topliss-reactive ketones (excluding diaryl/α,β-unsaturated/α-hetero) is 2. The molecule has 124 valence electrons. The number of ketones is 2. The average molecular weight is 340 g/mol. The van der Waals surface area contributed by atoms with Crippen LogP contribution in [-0.4, -0.2) is 21.7 Å². The van der Waals surface area contributed by atoms with Crippen LogP contribution in [0.1, 0.15) is 26.4 Å². The predicted molar refractivity (Wildman–Crippen MR) is 96.1 cm³/mol. The Bertz CT molecular complexity index is 1220. The van der Waals surface area contributed by atoms with Crippen LogP contribution < -0.4 is 0 Å². The Hall–Kier alpha value is -3.60. The van der Waals surface area contributed by atoms with Crippen molar-refractivity contribution in [1.82, 2.24) is 10.1 Å². The number of fused-ring (bicyclic) bond motifs is 4. The maximum Gasteiger partial charge on any atom is 0.259 e. The van der Waals surface area contributed by atoms with Gasteiger partial charge in [-0.3, -0.25) is 9.59 Å². The van der Waals surface area contributed by atoms with E-state index in [1.807, 2.05) is 36.4 Å². The third kappa shape index (κ3) is 1.85. The number of aryl methyl sites for hydroxylation is 1. The van der Waals surface area contributed by atoms with Gasteiger partial charge in [-0.05, 0) is 12.5 Å². The van der Waals surface area contributed by atoms with Crippen LogP contribution in [0, 0.1) is 6.92 Å². The molecule has 0 bridgehead atoms. The Balaban J connectivity index is 2.01. The van der Waals surface area contributed by atoms with E-state index in [4.69, 9.17) is 4.52 Å². The van der Waals surface area contributed by atoms with E-state index in [1.54, 1.807) is 25.1 Å². The number of rotatable bonds is 1. The van der Waals surface area contributed by atoms with Gasteiger partial charge in [0, 0.05) is 16.7 Å². The van der Waals surface area contributed by atoms with Gasteiger partial charge in [0.1, 0.15) is 0 Å². The Labute approximate surface area is 148 Å². The zero-order valence-electron chi connectivity index (χ0n) is 13.8. The molecule has 2 aromatic heterocycles. The summed E-state index contributed by atoms with van der Waals surface area (Å²) in [5.41, 5.74) is 4.25. The van der Waals surface area contributed by atoms with Gasteiger partial charge in [0.15, 0.2) is 0 Å². The zero-order valence-corrected chi connectivity index (χ0v) is 13.8. The molecule has 0 amide bonds. The van der Waals surface area contributed by atoms with Gasteiger partial charge in [-0.1, -0.05) is 59.8 Å². The molecule has 0 unspecified atom stereocenters. The summed E-state index contributed by atoms with van der Waals surface area (Å²) in [4.78, 5) is 30.3. The predicted octanol–water partition coefficient (Wildman–Crippen LogP) is 4.24. The molecule has 0 fully saturated rings. The largest absolute Gasteiger partial charge is 0.336 e. The molecular formula is C21H12N2O3. The minimum Gasteiger partial charge on any atom is -0.336 e. The van der Waals surface area contributed by atoms with E-state index in [0.717, 1.165) is 5.56 Å². The lowest BCUT2D eigenvalue weighted by Gasteiger charge is -2.20. The van der Waals surface area contributed by atoms with Gasteiger partial charge in [-0.2, -0.15) is 0 Å². The van der Waals surface area contributed by atoms with Crippen LogP contribution in [0.4, 0.5) is 0 Å². The maximum atomic E-state index is 13.0. The fourth-order valence-electron chi connectivity index (χ4n) is 3.56. The third-order valence-electron chi connectivity index (χ3n) is 4.72. The number of aromatic nitrogens is 2. The van der Waals surface area contributed by atoms with Crippen LogP contribution in [0.2, 0.25) is 0 Å². The second-order valence-corrected chi connectivity index (χ2v) is 6.23. The summed E-state index contributed by atoms with van der Waals surface area (Å²) in [5.74, 6) is -1.06. The van der Waals surface area contributed by atoms with Crippen LogP contribution in [0.5, 0.6) is 0 Å². The molecule has 2 heterocycles. The molecule has 0 spiro atoms. The lowest BCUT2D eigenvalue weighted by molar-refractivity contribution is 0.0815. The van der Waals surface area contributed by atoms with Crippen molar-refractivity contribution in [3.05, 3.63) is 71.4 Å². The van der Waals surface area contributed by atoms with E-state index in [0.29, 0.717) is 44.7 Å². The van der Waals surface area contributed by atoms with Crippen LogP contribution in [0.15, 0.2) is 59.1 Å². The van der Waals surface area contributed by atoms with E-state index >= 15 is 0 Å². The molecular weight excluding hydrogens is 328 g/mol. The summed E-state index contributed by atoms with van der Waals surface area (Å²) < 4.78 is 5.40. The van der Waals surface area contributed by atoms with Gasteiger partial charge in [-0.25, -0.2) is 4.98 Å². The van der Waals surface area contributed by atoms with Crippen molar-refractivity contribution in [3.8, 4) is 22.4 Å². The number of benzene rings is 2. The van der Waals surface area contributed by atoms with Gasteiger partial charge in [0.05, 0.1) is 22.3 Å². The Kier molecular flexibility index (Phi) is 2.94. The first-order chi connectivity index (χ1) is 12.7. The fraction of sp³-hybridized carbons (Fsp3) is 0.0476. The van der Waals surface area contributed by atoms with Crippen molar-refractivity contribution >= 4 is 22.7 Å². The number of carbonyl (C=O) groups excluding carboxylic acids is 2. The van der Waals surface area contributed by atoms with Gasteiger partial charge in [0.25, 0.3) is 5.71 Å². The smallest absolute Gasteiger partial charge is 0.259 e. The first-order valence-corrected chi connectivity index (χ1v) is 8.20. The summed E-state index contributed by atoms with van der Waals surface area (Å²) in [6.07, 6.45) is 0. The second kappa shape index (κ2) is 5.20.